The third-order valence-corrected chi connectivity index (χ3v) is 4.90. The molecule has 0 atom stereocenters. The van der Waals surface area contributed by atoms with Crippen molar-refractivity contribution in [3.8, 4) is 5.75 Å². The molecule has 0 fully saturated rings. The lowest BCUT2D eigenvalue weighted by molar-refractivity contribution is -0.384. The number of nitrogens with one attached hydrogen (secondary N) is 1. The van der Waals surface area contributed by atoms with E-state index in [9.17, 15) is 14.9 Å². The van der Waals surface area contributed by atoms with Gasteiger partial charge in [-0.05, 0) is 50.7 Å². The molecule has 6 heteroatoms. The first-order chi connectivity index (χ1) is 15.1. The minimum atomic E-state index is -0.531. The summed E-state index contributed by atoms with van der Waals surface area (Å²) in [7, 11) is 0. The van der Waals surface area contributed by atoms with Gasteiger partial charge in [-0.25, -0.2) is 4.79 Å². The van der Waals surface area contributed by atoms with Gasteiger partial charge in [0.25, 0.3) is 5.69 Å². The minimum Gasteiger partial charge on any atom is -0.410 e. The Morgan fingerprint density at radius 2 is 1.48 bits per heavy atom. The number of nitro benzene ring substituents is 1. The molecule has 1 amide bonds. The van der Waals surface area contributed by atoms with E-state index in [0.717, 1.165) is 25.7 Å². The van der Waals surface area contributed by atoms with Gasteiger partial charge in [-0.2, -0.15) is 0 Å². The molecule has 0 aromatic heterocycles. The molecule has 0 bridgehead atoms. The number of ether oxygens (including phenoxy) is 1. The number of amides is 1. The Hall–Kier alpha value is -2.63. The molecule has 1 rings (SSSR count). The summed E-state index contributed by atoms with van der Waals surface area (Å²) in [6, 6.07) is 5.45. The van der Waals surface area contributed by atoms with Crippen LogP contribution in [0.1, 0.15) is 84.0 Å². The predicted molar refractivity (Wildman–Crippen MR) is 126 cm³/mol. The van der Waals surface area contributed by atoms with Crippen molar-refractivity contribution in [1.29, 1.82) is 0 Å². The molecule has 0 aliphatic carbocycles. The van der Waals surface area contributed by atoms with Crippen molar-refractivity contribution in [2.24, 2.45) is 0 Å². The van der Waals surface area contributed by atoms with Crippen LogP contribution in [-0.4, -0.2) is 17.6 Å². The van der Waals surface area contributed by atoms with Crippen molar-refractivity contribution >= 4 is 11.8 Å². The number of benzene rings is 1. The quantitative estimate of drug-likeness (QED) is 0.120. The van der Waals surface area contributed by atoms with Crippen LogP contribution < -0.4 is 10.1 Å². The van der Waals surface area contributed by atoms with Crippen molar-refractivity contribution in [3.05, 3.63) is 58.7 Å². The fourth-order valence-corrected chi connectivity index (χ4v) is 3.08. The number of unbranched alkanes of at least 4 members (excludes halogenated alkanes) is 9. The number of hydrogen-bond acceptors (Lipinski definition) is 4. The smallest absolute Gasteiger partial charge is 0.410 e. The van der Waals surface area contributed by atoms with E-state index in [1.807, 2.05) is 0 Å². The van der Waals surface area contributed by atoms with Crippen LogP contribution in [0.5, 0.6) is 5.75 Å². The first-order valence-corrected chi connectivity index (χ1v) is 11.6. The minimum absolute atomic E-state index is 0.0332. The SMILES string of the molecule is CCCCCC=CCC=CCCCCCCCCNC(=O)Oc1ccc([N+](=O)[O-])cc1. The first kappa shape index (κ1) is 26.4. The van der Waals surface area contributed by atoms with Crippen LogP contribution in [0, 0.1) is 10.1 Å². The molecule has 0 aliphatic heterocycles. The molecule has 172 valence electrons. The maximum Gasteiger partial charge on any atom is 0.412 e. The van der Waals surface area contributed by atoms with Crippen molar-refractivity contribution < 1.29 is 14.5 Å². The third kappa shape index (κ3) is 14.9. The van der Waals surface area contributed by atoms with E-state index in [2.05, 4.69) is 36.5 Å². The summed E-state index contributed by atoms with van der Waals surface area (Å²) < 4.78 is 5.09. The molecular weight excluding hydrogens is 392 g/mol. The van der Waals surface area contributed by atoms with Gasteiger partial charge < -0.3 is 10.1 Å². The van der Waals surface area contributed by atoms with Crippen LogP contribution in [-0.2, 0) is 0 Å². The summed E-state index contributed by atoms with van der Waals surface area (Å²) in [5.74, 6) is 0.292. The topological polar surface area (TPSA) is 81.5 Å². The molecule has 0 unspecified atom stereocenters. The normalized spacial score (nSPS) is 11.3. The van der Waals surface area contributed by atoms with Gasteiger partial charge in [0.05, 0.1) is 4.92 Å². The molecule has 0 heterocycles. The average Bonchev–Trinajstić information content (AvgIpc) is 2.76. The highest BCUT2D eigenvalue weighted by Crippen LogP contribution is 2.17. The van der Waals surface area contributed by atoms with Crippen LogP contribution in [0.4, 0.5) is 10.5 Å². The highest BCUT2D eigenvalue weighted by molar-refractivity contribution is 5.70. The van der Waals surface area contributed by atoms with E-state index in [1.54, 1.807) is 0 Å². The Morgan fingerprint density at radius 1 is 0.903 bits per heavy atom. The molecule has 6 nitrogen and oxygen atoms in total. The number of allylic oxidation sites excluding steroid dienone is 4. The number of rotatable bonds is 17. The molecule has 1 N–H and O–H groups in total. The third-order valence-electron chi connectivity index (χ3n) is 4.90. The standard InChI is InChI=1S/C25H38N2O4/c1-2-3-4-5-6-7-8-9-10-11-12-13-14-15-16-17-22-26-25(28)31-24-20-18-23(19-21-24)27(29)30/h6-7,9-10,18-21H,2-5,8,11-17,22H2,1H3,(H,26,28). The molecule has 0 radical (unpaired) electrons. The lowest BCUT2D eigenvalue weighted by atomic mass is 10.1. The molecular formula is C25H38N2O4. The molecule has 31 heavy (non-hydrogen) atoms. The van der Waals surface area contributed by atoms with E-state index in [4.69, 9.17) is 4.74 Å². The second-order valence-electron chi connectivity index (χ2n) is 7.65. The summed E-state index contributed by atoms with van der Waals surface area (Å²) in [6.45, 7) is 2.80. The van der Waals surface area contributed by atoms with Crippen LogP contribution in [0.3, 0.4) is 0 Å². The van der Waals surface area contributed by atoms with Gasteiger partial charge >= 0.3 is 6.09 Å². The summed E-state index contributed by atoms with van der Waals surface area (Å²) >= 11 is 0. The number of hydrogen-bond donors (Lipinski definition) is 1. The average molecular weight is 431 g/mol. The Balaban J connectivity index is 1.91. The van der Waals surface area contributed by atoms with Crippen molar-refractivity contribution in [2.75, 3.05) is 6.54 Å². The van der Waals surface area contributed by atoms with Crippen LogP contribution in [0.2, 0.25) is 0 Å². The zero-order valence-corrected chi connectivity index (χ0v) is 18.9. The van der Waals surface area contributed by atoms with Crippen molar-refractivity contribution in [2.45, 2.75) is 84.0 Å². The van der Waals surface area contributed by atoms with Gasteiger partial charge in [-0.1, -0.05) is 69.8 Å². The summed E-state index contributed by atoms with van der Waals surface area (Å²) in [4.78, 5) is 21.8. The number of nitrogens with zero attached hydrogens (tertiary/aromatic N) is 1. The fraction of sp³-hybridized carbons (Fsp3) is 0.560. The summed E-state index contributed by atoms with van der Waals surface area (Å²) in [6.07, 6.45) is 22.8. The molecule has 1 aromatic rings. The van der Waals surface area contributed by atoms with Crippen LogP contribution in [0.25, 0.3) is 0 Å². The highest BCUT2D eigenvalue weighted by atomic mass is 16.6. The number of non-ortho nitro benzene ring substituents is 1. The summed E-state index contributed by atoms with van der Waals surface area (Å²) in [5.41, 5.74) is -0.0332. The van der Waals surface area contributed by atoms with Crippen LogP contribution in [0.15, 0.2) is 48.6 Å². The van der Waals surface area contributed by atoms with E-state index >= 15 is 0 Å². The fourth-order valence-electron chi connectivity index (χ4n) is 3.08. The molecule has 0 aliphatic rings. The van der Waals surface area contributed by atoms with E-state index in [0.29, 0.717) is 12.3 Å². The van der Waals surface area contributed by atoms with Gasteiger partial charge in [0.1, 0.15) is 5.75 Å². The van der Waals surface area contributed by atoms with Gasteiger partial charge in [-0.15, -0.1) is 0 Å². The maximum atomic E-state index is 11.7. The van der Waals surface area contributed by atoms with Gasteiger partial charge in [-0.3, -0.25) is 10.1 Å². The maximum absolute atomic E-state index is 11.7. The van der Waals surface area contributed by atoms with Gasteiger partial charge in [0, 0.05) is 18.7 Å². The zero-order valence-electron chi connectivity index (χ0n) is 18.9. The predicted octanol–water partition coefficient (Wildman–Crippen LogP) is 7.50. The summed E-state index contributed by atoms with van der Waals surface area (Å²) in [5, 5.41) is 13.3. The Labute approximate surface area is 186 Å². The highest BCUT2D eigenvalue weighted by Gasteiger charge is 2.07. The number of nitro groups is 1. The van der Waals surface area contributed by atoms with Gasteiger partial charge in [0.2, 0.25) is 0 Å². The second kappa shape index (κ2) is 18.2. The zero-order chi connectivity index (χ0) is 22.6. The van der Waals surface area contributed by atoms with E-state index < -0.39 is 11.0 Å². The van der Waals surface area contributed by atoms with E-state index in [-0.39, 0.29) is 5.69 Å². The van der Waals surface area contributed by atoms with Gasteiger partial charge in [0.15, 0.2) is 0 Å². The first-order valence-electron chi connectivity index (χ1n) is 11.6. The van der Waals surface area contributed by atoms with Crippen molar-refractivity contribution in [1.82, 2.24) is 5.32 Å². The Kier molecular flexibility index (Phi) is 15.5. The monoisotopic (exact) mass is 430 g/mol. The molecule has 0 saturated carbocycles. The van der Waals surface area contributed by atoms with E-state index in [1.165, 1.54) is 75.6 Å². The second-order valence-corrected chi connectivity index (χ2v) is 7.65. The number of carbonyl (C=O) groups is 1. The Bertz CT molecular complexity index is 669. The van der Waals surface area contributed by atoms with Crippen molar-refractivity contribution in [3.63, 3.8) is 0 Å². The Morgan fingerprint density at radius 3 is 2.10 bits per heavy atom. The van der Waals surface area contributed by atoms with Crippen LogP contribution >= 0.6 is 0 Å². The number of carbonyl (C=O) groups excluding carboxylic acids is 1. The molecule has 0 spiro atoms. The molecule has 1 aromatic carbocycles. The largest absolute Gasteiger partial charge is 0.412 e. The lowest BCUT2D eigenvalue weighted by Gasteiger charge is -2.06. The lowest BCUT2D eigenvalue weighted by Crippen LogP contribution is -2.27. The molecule has 0 saturated heterocycles.